The van der Waals surface area contributed by atoms with Gasteiger partial charge in [-0.2, -0.15) is 0 Å². The smallest absolute Gasteiger partial charge is 0.264 e. The molecule has 0 aliphatic carbocycles. The number of hydrogen-bond donors (Lipinski definition) is 0. The Morgan fingerprint density at radius 1 is 1.14 bits per heavy atom. The van der Waals surface area contributed by atoms with E-state index in [1.54, 1.807) is 37.3 Å². The fourth-order valence-electron chi connectivity index (χ4n) is 2.01. The molecule has 0 unspecified atom stereocenters. The molecule has 0 bridgehead atoms. The minimum atomic E-state index is -3.99. The molecule has 22 heavy (non-hydrogen) atoms. The molecule has 0 aliphatic heterocycles. The maximum Gasteiger partial charge on any atom is 0.264 e. The third kappa shape index (κ3) is 2.86. The van der Waals surface area contributed by atoms with Crippen molar-refractivity contribution in [1.29, 1.82) is 0 Å². The molecule has 0 aliphatic rings. The molecule has 2 rings (SSSR count). The van der Waals surface area contributed by atoms with Crippen LogP contribution in [-0.2, 0) is 10.0 Å². The van der Waals surface area contributed by atoms with Gasteiger partial charge in [0.15, 0.2) is 0 Å². The molecule has 0 atom stereocenters. The number of para-hydroxylation sites is 1. The number of nitro groups is 1. The summed E-state index contributed by atoms with van der Waals surface area (Å²) < 4.78 is 26.4. The summed E-state index contributed by atoms with van der Waals surface area (Å²) >= 11 is 0. The second-order valence-corrected chi connectivity index (χ2v) is 6.25. The van der Waals surface area contributed by atoms with E-state index in [1.807, 2.05) is 0 Å². The van der Waals surface area contributed by atoms with Gasteiger partial charge in [-0.1, -0.05) is 24.3 Å². The highest BCUT2D eigenvalue weighted by Gasteiger charge is 2.25. The SMILES string of the molecule is CCN(c1ccccc1)S(=O)(=O)c1ccc([O-])c([N+](=O)[O-])c1. The zero-order chi connectivity index (χ0) is 16.3. The number of rotatable bonds is 5. The van der Waals surface area contributed by atoms with Crippen LogP contribution in [0, 0.1) is 10.1 Å². The Hall–Kier alpha value is -2.61. The van der Waals surface area contributed by atoms with E-state index in [0.717, 1.165) is 22.5 Å². The molecule has 0 aromatic heterocycles. The van der Waals surface area contributed by atoms with Crippen molar-refractivity contribution in [2.24, 2.45) is 0 Å². The fraction of sp³-hybridized carbons (Fsp3) is 0.143. The predicted molar refractivity (Wildman–Crippen MR) is 79.2 cm³/mol. The van der Waals surface area contributed by atoms with Crippen LogP contribution in [0.4, 0.5) is 11.4 Å². The van der Waals surface area contributed by atoms with Crippen LogP contribution in [0.3, 0.4) is 0 Å². The molecule has 0 saturated heterocycles. The highest BCUT2D eigenvalue weighted by molar-refractivity contribution is 7.92. The third-order valence-electron chi connectivity index (χ3n) is 3.05. The normalized spacial score (nSPS) is 11.1. The molecule has 0 fully saturated rings. The Labute approximate surface area is 127 Å². The van der Waals surface area contributed by atoms with Gasteiger partial charge in [0, 0.05) is 12.6 Å². The van der Waals surface area contributed by atoms with Crippen LogP contribution in [-0.4, -0.2) is 19.9 Å². The molecule has 2 aromatic rings. The molecule has 0 saturated carbocycles. The van der Waals surface area contributed by atoms with E-state index in [9.17, 15) is 23.6 Å². The molecule has 0 spiro atoms. The molecular weight excluding hydrogens is 308 g/mol. The van der Waals surface area contributed by atoms with E-state index in [1.165, 1.54) is 0 Å². The zero-order valence-electron chi connectivity index (χ0n) is 11.7. The average Bonchev–Trinajstić information content (AvgIpc) is 2.48. The molecule has 0 radical (unpaired) electrons. The molecule has 0 amide bonds. The van der Waals surface area contributed by atoms with Gasteiger partial charge in [-0.25, -0.2) is 8.42 Å². The van der Waals surface area contributed by atoms with Crippen LogP contribution in [0.15, 0.2) is 53.4 Å². The van der Waals surface area contributed by atoms with Crippen molar-refractivity contribution in [3.05, 3.63) is 58.6 Å². The monoisotopic (exact) mass is 321 g/mol. The fourth-order valence-corrected chi connectivity index (χ4v) is 3.51. The third-order valence-corrected chi connectivity index (χ3v) is 4.95. The number of sulfonamides is 1. The van der Waals surface area contributed by atoms with Crippen LogP contribution < -0.4 is 9.41 Å². The first-order chi connectivity index (χ1) is 10.4. The molecule has 0 heterocycles. The molecule has 2 aromatic carbocycles. The van der Waals surface area contributed by atoms with Crippen LogP contribution in [0.2, 0.25) is 0 Å². The second kappa shape index (κ2) is 6.02. The molecule has 0 N–H and O–H groups in total. The number of hydrogen-bond acceptors (Lipinski definition) is 5. The van der Waals surface area contributed by atoms with Gasteiger partial charge in [-0.15, -0.1) is 0 Å². The van der Waals surface area contributed by atoms with E-state index in [-0.39, 0.29) is 11.4 Å². The lowest BCUT2D eigenvalue weighted by atomic mass is 10.3. The van der Waals surface area contributed by atoms with Gasteiger partial charge >= 0.3 is 0 Å². The van der Waals surface area contributed by atoms with Gasteiger partial charge < -0.3 is 5.11 Å². The summed E-state index contributed by atoms with van der Waals surface area (Å²) in [5, 5.41) is 22.2. The first-order valence-corrected chi connectivity index (χ1v) is 7.85. The summed E-state index contributed by atoms with van der Waals surface area (Å²) in [7, 11) is -3.99. The lowest BCUT2D eigenvalue weighted by Gasteiger charge is -2.23. The van der Waals surface area contributed by atoms with Crippen molar-refractivity contribution in [1.82, 2.24) is 0 Å². The number of anilines is 1. The Morgan fingerprint density at radius 2 is 1.77 bits per heavy atom. The summed E-state index contributed by atoms with van der Waals surface area (Å²) in [5.41, 5.74) is -0.316. The summed E-state index contributed by atoms with van der Waals surface area (Å²) in [6, 6.07) is 11.1. The Balaban J connectivity index is 2.54. The van der Waals surface area contributed by atoms with Crippen LogP contribution in [0.5, 0.6) is 5.75 Å². The molecule has 7 nitrogen and oxygen atoms in total. The van der Waals surface area contributed by atoms with Crippen LogP contribution in [0.25, 0.3) is 0 Å². The highest BCUT2D eigenvalue weighted by atomic mass is 32.2. The van der Waals surface area contributed by atoms with E-state index < -0.39 is 26.4 Å². The van der Waals surface area contributed by atoms with Gasteiger partial charge in [0.25, 0.3) is 15.7 Å². The van der Waals surface area contributed by atoms with Crippen molar-refractivity contribution in [3.8, 4) is 5.75 Å². The standard InChI is InChI=1S/C14H14N2O5S/c1-2-15(11-6-4-3-5-7-11)22(20,21)12-8-9-14(17)13(10-12)16(18)19/h3-10,17H,2H2,1H3/p-1. The van der Waals surface area contributed by atoms with Gasteiger partial charge in [0.1, 0.15) is 0 Å². The van der Waals surface area contributed by atoms with E-state index >= 15 is 0 Å². The Bertz CT molecular complexity index is 790. The van der Waals surface area contributed by atoms with Crippen molar-refractivity contribution in [2.45, 2.75) is 11.8 Å². The molecular formula is C14H13N2O5S-. The maximum atomic E-state index is 12.7. The van der Waals surface area contributed by atoms with Gasteiger partial charge in [-0.05, 0) is 30.9 Å². The summed E-state index contributed by atoms with van der Waals surface area (Å²) in [5.74, 6) is -0.827. The van der Waals surface area contributed by atoms with E-state index in [2.05, 4.69) is 0 Å². The van der Waals surface area contributed by atoms with Crippen LogP contribution >= 0.6 is 0 Å². The van der Waals surface area contributed by atoms with Crippen molar-refractivity contribution in [3.63, 3.8) is 0 Å². The lowest BCUT2D eigenvalue weighted by molar-refractivity contribution is -0.398. The summed E-state index contributed by atoms with van der Waals surface area (Å²) in [4.78, 5) is 9.63. The average molecular weight is 321 g/mol. The predicted octanol–water partition coefficient (Wildman–Crippen LogP) is 1.88. The summed E-state index contributed by atoms with van der Waals surface area (Å²) in [6.45, 7) is 1.81. The Morgan fingerprint density at radius 3 is 2.32 bits per heavy atom. The lowest BCUT2D eigenvalue weighted by Crippen LogP contribution is -2.30. The topological polar surface area (TPSA) is 104 Å². The van der Waals surface area contributed by atoms with Crippen LogP contribution in [0.1, 0.15) is 6.92 Å². The summed E-state index contributed by atoms with van der Waals surface area (Å²) in [6.07, 6.45) is 0. The maximum absolute atomic E-state index is 12.7. The number of benzene rings is 2. The molecule has 116 valence electrons. The van der Waals surface area contributed by atoms with Gasteiger partial charge in [-0.3, -0.25) is 14.4 Å². The van der Waals surface area contributed by atoms with Crippen molar-refractivity contribution >= 4 is 21.4 Å². The van der Waals surface area contributed by atoms with E-state index in [0.29, 0.717) is 5.69 Å². The number of nitro benzene ring substituents is 1. The van der Waals surface area contributed by atoms with E-state index in [4.69, 9.17) is 0 Å². The Kier molecular flexibility index (Phi) is 4.32. The minimum absolute atomic E-state index is 0.152. The van der Waals surface area contributed by atoms with Gasteiger partial charge in [0.05, 0.1) is 15.5 Å². The van der Waals surface area contributed by atoms with Gasteiger partial charge in [0.2, 0.25) is 0 Å². The highest BCUT2D eigenvalue weighted by Crippen LogP contribution is 2.29. The minimum Gasteiger partial charge on any atom is -0.868 e. The second-order valence-electron chi connectivity index (χ2n) is 4.39. The number of nitrogens with zero attached hydrogens (tertiary/aromatic N) is 2. The largest absolute Gasteiger partial charge is 0.868 e. The first-order valence-electron chi connectivity index (χ1n) is 6.41. The van der Waals surface area contributed by atoms with Crippen molar-refractivity contribution < 1.29 is 18.4 Å². The zero-order valence-corrected chi connectivity index (χ0v) is 12.5. The quantitative estimate of drug-likeness (QED) is 0.618. The first kappa shape index (κ1) is 15.8. The molecule has 8 heteroatoms. The van der Waals surface area contributed by atoms with Crippen molar-refractivity contribution in [2.75, 3.05) is 10.8 Å².